The van der Waals surface area contributed by atoms with Crippen LogP contribution in [-0.2, 0) is 21.7 Å². The minimum Gasteiger partial charge on any atom is -1.00 e. The molecule has 16 heavy (non-hydrogen) atoms. The quantitative estimate of drug-likeness (QED) is 0.318. The SMILES string of the molecule is CC1=[C-]CC=C1.CC1=[C-]CC=C1.[Cl-].[Cl-].[SiH3].[Ti+4]. The van der Waals surface area contributed by atoms with Crippen LogP contribution in [0.5, 0.6) is 0 Å². The van der Waals surface area contributed by atoms with Crippen molar-refractivity contribution in [3.05, 3.63) is 47.6 Å². The molecular formula is C12H17Cl2SiTi. The summed E-state index contributed by atoms with van der Waals surface area (Å²) in [6.45, 7) is 4.12. The second-order valence-electron chi connectivity index (χ2n) is 2.93. The Bertz CT molecular complexity index is 235. The molecular weight excluding hydrogens is 291 g/mol. The summed E-state index contributed by atoms with van der Waals surface area (Å²) in [6, 6.07) is 0. The molecule has 0 amide bonds. The summed E-state index contributed by atoms with van der Waals surface area (Å²) < 4.78 is 0. The molecule has 87 valence electrons. The summed E-state index contributed by atoms with van der Waals surface area (Å²) in [5, 5.41) is 0. The van der Waals surface area contributed by atoms with Crippen LogP contribution in [0.4, 0.5) is 0 Å². The van der Waals surface area contributed by atoms with E-state index in [2.05, 4.69) is 50.3 Å². The van der Waals surface area contributed by atoms with Crippen molar-refractivity contribution in [2.75, 3.05) is 0 Å². The maximum atomic E-state index is 3.12. The summed E-state index contributed by atoms with van der Waals surface area (Å²) in [7, 11) is 0. The Morgan fingerprint density at radius 1 is 0.875 bits per heavy atom. The van der Waals surface area contributed by atoms with Crippen molar-refractivity contribution in [2.45, 2.75) is 26.7 Å². The molecule has 1 radical (unpaired) electrons. The first-order chi connectivity index (χ1) is 5.79. The molecule has 0 aromatic heterocycles. The van der Waals surface area contributed by atoms with E-state index in [0.29, 0.717) is 0 Å². The van der Waals surface area contributed by atoms with Crippen LogP contribution in [0.15, 0.2) is 35.5 Å². The summed E-state index contributed by atoms with van der Waals surface area (Å²) in [5.41, 5.74) is 2.55. The van der Waals surface area contributed by atoms with E-state index in [0.717, 1.165) is 12.8 Å². The number of hydrogen-bond donors (Lipinski definition) is 0. The Hall–Kier alpha value is 0.471. The molecule has 0 saturated heterocycles. The second kappa shape index (κ2) is 15.5. The Morgan fingerprint density at radius 3 is 1.25 bits per heavy atom. The van der Waals surface area contributed by atoms with Crippen LogP contribution in [-0.4, -0.2) is 11.0 Å². The van der Waals surface area contributed by atoms with Gasteiger partial charge in [0.15, 0.2) is 0 Å². The first-order valence-corrected chi connectivity index (χ1v) is 4.27. The normalized spacial score (nSPS) is 13.9. The van der Waals surface area contributed by atoms with Crippen molar-refractivity contribution >= 4 is 11.0 Å². The Labute approximate surface area is 131 Å². The fourth-order valence-corrected chi connectivity index (χ4v) is 1.03. The molecule has 0 saturated carbocycles. The van der Waals surface area contributed by atoms with Crippen molar-refractivity contribution in [2.24, 2.45) is 0 Å². The van der Waals surface area contributed by atoms with Gasteiger partial charge >= 0.3 is 21.7 Å². The van der Waals surface area contributed by atoms with Gasteiger partial charge in [0.2, 0.25) is 0 Å². The molecule has 0 N–H and O–H groups in total. The number of halogens is 2. The molecule has 0 aromatic carbocycles. The van der Waals surface area contributed by atoms with Gasteiger partial charge in [-0.3, -0.25) is 12.2 Å². The summed E-state index contributed by atoms with van der Waals surface area (Å²) in [5.74, 6) is 0. The molecule has 2 rings (SSSR count). The first kappa shape index (κ1) is 25.3. The first-order valence-electron chi connectivity index (χ1n) is 4.27. The van der Waals surface area contributed by atoms with Gasteiger partial charge in [0.05, 0.1) is 0 Å². The zero-order chi connectivity index (χ0) is 8.81. The largest absolute Gasteiger partial charge is 4.00 e. The molecule has 0 spiro atoms. The van der Waals surface area contributed by atoms with E-state index in [1.54, 1.807) is 0 Å². The maximum Gasteiger partial charge on any atom is 4.00 e. The molecule has 0 aliphatic heterocycles. The van der Waals surface area contributed by atoms with Crippen LogP contribution in [0.25, 0.3) is 0 Å². The van der Waals surface area contributed by atoms with Crippen molar-refractivity contribution in [3.63, 3.8) is 0 Å². The van der Waals surface area contributed by atoms with E-state index < -0.39 is 0 Å². The van der Waals surface area contributed by atoms with E-state index in [9.17, 15) is 0 Å². The van der Waals surface area contributed by atoms with E-state index in [1.807, 2.05) is 0 Å². The Balaban J connectivity index is -0.0000000720. The van der Waals surface area contributed by atoms with Crippen LogP contribution in [0.3, 0.4) is 0 Å². The summed E-state index contributed by atoms with van der Waals surface area (Å²) >= 11 is 0. The number of rotatable bonds is 0. The molecule has 0 atom stereocenters. The van der Waals surface area contributed by atoms with Gasteiger partial charge in [-0.25, -0.2) is 23.3 Å². The maximum absolute atomic E-state index is 3.12. The predicted octanol–water partition coefficient (Wildman–Crippen LogP) is -3.79. The number of hydrogen-bond acceptors (Lipinski definition) is 0. The van der Waals surface area contributed by atoms with Gasteiger partial charge < -0.3 is 24.8 Å². The third-order valence-corrected chi connectivity index (χ3v) is 1.73. The van der Waals surface area contributed by atoms with Gasteiger partial charge in [-0.15, -0.1) is 12.8 Å². The third-order valence-electron chi connectivity index (χ3n) is 1.73. The van der Waals surface area contributed by atoms with E-state index in [4.69, 9.17) is 0 Å². The Kier molecular flexibility index (Phi) is 24.5. The number of allylic oxidation sites excluding steroid dienone is 8. The average molecular weight is 308 g/mol. The van der Waals surface area contributed by atoms with Gasteiger partial charge in [0, 0.05) is 0 Å². The molecule has 0 unspecified atom stereocenters. The van der Waals surface area contributed by atoms with Gasteiger partial charge in [0.25, 0.3) is 0 Å². The van der Waals surface area contributed by atoms with Crippen molar-refractivity contribution in [3.8, 4) is 0 Å². The molecule has 0 heterocycles. The van der Waals surface area contributed by atoms with Crippen LogP contribution < -0.4 is 24.8 Å². The Morgan fingerprint density at radius 2 is 1.19 bits per heavy atom. The summed E-state index contributed by atoms with van der Waals surface area (Å²) in [6.07, 6.45) is 16.7. The smallest absolute Gasteiger partial charge is 1.00 e. The predicted molar refractivity (Wildman–Crippen MR) is 62.3 cm³/mol. The van der Waals surface area contributed by atoms with Crippen LogP contribution in [0, 0.1) is 12.2 Å². The van der Waals surface area contributed by atoms with Crippen LogP contribution in [0.1, 0.15) is 26.7 Å². The molecule has 0 fully saturated rings. The van der Waals surface area contributed by atoms with E-state index in [1.165, 1.54) is 11.1 Å². The van der Waals surface area contributed by atoms with Gasteiger partial charge in [-0.05, 0) is 11.0 Å². The second-order valence-corrected chi connectivity index (χ2v) is 2.93. The fourth-order valence-electron chi connectivity index (χ4n) is 1.03. The standard InChI is InChI=1S/2C6H7.2ClH.H3Si.Ti/c2*1-6-4-2-3-5-6;;;;/h2*2,4H,3H2,1H3;2*1H;1H3;/q2*-1;;;;+4/p-2. The van der Waals surface area contributed by atoms with Gasteiger partial charge in [-0.1, -0.05) is 13.8 Å². The average Bonchev–Trinajstić information content (AvgIpc) is 2.63. The van der Waals surface area contributed by atoms with Gasteiger partial charge in [0.1, 0.15) is 0 Å². The zero-order valence-corrected chi connectivity index (χ0v) is 15.1. The zero-order valence-electron chi connectivity index (χ0n) is 9.98. The van der Waals surface area contributed by atoms with Crippen LogP contribution >= 0.6 is 0 Å². The molecule has 0 nitrogen and oxygen atoms in total. The van der Waals surface area contributed by atoms with Crippen molar-refractivity contribution in [1.82, 2.24) is 0 Å². The monoisotopic (exact) mass is 307 g/mol. The molecule has 4 heteroatoms. The minimum atomic E-state index is 0. The minimum absolute atomic E-state index is 0. The van der Waals surface area contributed by atoms with E-state index >= 15 is 0 Å². The van der Waals surface area contributed by atoms with E-state index in [-0.39, 0.29) is 57.5 Å². The molecule has 0 aromatic rings. The fraction of sp³-hybridized carbons (Fsp3) is 0.333. The molecule has 2 aliphatic rings. The van der Waals surface area contributed by atoms with Crippen LogP contribution in [0.2, 0.25) is 0 Å². The molecule has 2 aliphatic carbocycles. The van der Waals surface area contributed by atoms with Crippen molar-refractivity contribution < 1.29 is 46.5 Å². The van der Waals surface area contributed by atoms with Gasteiger partial charge in [-0.2, -0.15) is 12.2 Å². The topological polar surface area (TPSA) is 0 Å². The third kappa shape index (κ3) is 12.5. The van der Waals surface area contributed by atoms with Crippen molar-refractivity contribution in [1.29, 1.82) is 0 Å². The summed E-state index contributed by atoms with van der Waals surface area (Å²) in [4.78, 5) is 0. The molecule has 0 bridgehead atoms.